The van der Waals surface area contributed by atoms with E-state index in [-0.39, 0.29) is 0 Å². The van der Waals surface area contributed by atoms with Crippen LogP contribution in [0.1, 0.15) is 12.5 Å². The first-order chi connectivity index (χ1) is 10.2. The summed E-state index contributed by atoms with van der Waals surface area (Å²) in [5.74, 6) is 3.53. The van der Waals surface area contributed by atoms with Gasteiger partial charge in [0.25, 0.3) is 0 Å². The summed E-state index contributed by atoms with van der Waals surface area (Å²) in [7, 11) is 0. The van der Waals surface area contributed by atoms with Gasteiger partial charge >= 0.3 is 0 Å². The molecule has 0 amide bonds. The van der Waals surface area contributed by atoms with Crippen molar-refractivity contribution in [3.63, 3.8) is 0 Å². The Morgan fingerprint density at radius 3 is 2.76 bits per heavy atom. The summed E-state index contributed by atoms with van der Waals surface area (Å²) in [6, 6.07) is 7.89. The summed E-state index contributed by atoms with van der Waals surface area (Å²) in [6.07, 6.45) is 5.80. The van der Waals surface area contributed by atoms with E-state index in [4.69, 9.17) is 0 Å². The fraction of sp³-hybridized carbons (Fsp3) is 0.0667. The van der Waals surface area contributed by atoms with Gasteiger partial charge in [-0.3, -0.25) is 0 Å². The maximum Gasteiger partial charge on any atom is 0.240 e. The van der Waals surface area contributed by atoms with E-state index in [1.54, 1.807) is 0 Å². The van der Waals surface area contributed by atoms with Crippen LogP contribution >= 0.6 is 15.9 Å². The zero-order chi connectivity index (χ0) is 14.4. The fourth-order valence-electron chi connectivity index (χ4n) is 2.32. The van der Waals surface area contributed by atoms with Gasteiger partial charge in [0.2, 0.25) is 5.96 Å². The van der Waals surface area contributed by atoms with Gasteiger partial charge in [-0.2, -0.15) is 9.98 Å². The van der Waals surface area contributed by atoms with Crippen LogP contribution in [-0.2, 0) is 0 Å². The zero-order valence-corrected chi connectivity index (χ0v) is 12.7. The average molecular weight is 340 g/mol. The summed E-state index contributed by atoms with van der Waals surface area (Å²) in [5.41, 5.74) is 0.942. The van der Waals surface area contributed by atoms with Crippen molar-refractivity contribution < 1.29 is 0 Å². The summed E-state index contributed by atoms with van der Waals surface area (Å²) >= 11 is 3.54. The van der Waals surface area contributed by atoms with Gasteiger partial charge in [-0.25, -0.2) is 14.9 Å². The van der Waals surface area contributed by atoms with E-state index < -0.39 is 0 Å². The maximum atomic E-state index is 4.63. The highest BCUT2D eigenvalue weighted by molar-refractivity contribution is 9.10. The summed E-state index contributed by atoms with van der Waals surface area (Å²) in [5, 5.41) is 0. The van der Waals surface area contributed by atoms with Crippen molar-refractivity contribution in [2.75, 3.05) is 0 Å². The highest BCUT2D eigenvalue weighted by Crippen LogP contribution is 2.25. The first-order valence-corrected chi connectivity index (χ1v) is 7.26. The molecule has 21 heavy (non-hydrogen) atoms. The summed E-state index contributed by atoms with van der Waals surface area (Å²) in [4.78, 5) is 19.9. The van der Waals surface area contributed by atoms with Crippen molar-refractivity contribution in [3.8, 4) is 0 Å². The van der Waals surface area contributed by atoms with Gasteiger partial charge in [-0.1, -0.05) is 40.2 Å². The number of amidine groups is 3. The lowest BCUT2D eigenvalue weighted by molar-refractivity contribution is 0.710. The number of hydrogen-bond donors (Lipinski definition) is 0. The van der Waals surface area contributed by atoms with Gasteiger partial charge in [0, 0.05) is 10.0 Å². The van der Waals surface area contributed by atoms with Gasteiger partial charge < -0.3 is 0 Å². The first-order valence-electron chi connectivity index (χ1n) is 6.47. The third-order valence-electron chi connectivity index (χ3n) is 3.23. The van der Waals surface area contributed by atoms with Crippen molar-refractivity contribution in [1.82, 2.24) is 4.90 Å². The van der Waals surface area contributed by atoms with E-state index in [1.807, 2.05) is 54.3 Å². The van der Waals surface area contributed by atoms with Crippen molar-refractivity contribution in [1.29, 1.82) is 0 Å². The molecule has 0 unspecified atom stereocenters. The normalized spacial score (nSPS) is 19.1. The zero-order valence-electron chi connectivity index (χ0n) is 11.2. The molecule has 0 saturated carbocycles. The smallest absolute Gasteiger partial charge is 0.240 e. The largest absolute Gasteiger partial charge is 0.246 e. The third kappa shape index (κ3) is 1.99. The highest BCUT2D eigenvalue weighted by Gasteiger charge is 2.30. The minimum atomic E-state index is 0.605. The molecule has 0 spiro atoms. The molecule has 4 rings (SSSR count). The number of aliphatic imine (C=N–C) groups is 4. The SMILES string of the molecule is CC1=NC2=CC=CC3=NC(c4ccccc4Br)=NC(=N1)N23. The molecule has 0 aromatic heterocycles. The molecule has 1 aromatic rings. The third-order valence-corrected chi connectivity index (χ3v) is 3.92. The average Bonchev–Trinajstić information content (AvgIpc) is 2.47. The summed E-state index contributed by atoms with van der Waals surface area (Å²) < 4.78 is 0.957. The molecular formula is C15H10BrN5. The van der Waals surface area contributed by atoms with Crippen LogP contribution in [0.15, 0.2) is 72.8 Å². The minimum absolute atomic E-state index is 0.605. The van der Waals surface area contributed by atoms with Crippen LogP contribution in [-0.4, -0.2) is 28.4 Å². The molecule has 0 saturated heterocycles. The van der Waals surface area contributed by atoms with Gasteiger partial charge in [0.05, 0.1) is 0 Å². The van der Waals surface area contributed by atoms with Crippen LogP contribution in [0.2, 0.25) is 0 Å². The number of allylic oxidation sites excluding steroid dienone is 2. The molecule has 0 atom stereocenters. The number of guanidine groups is 1. The molecule has 6 heteroatoms. The predicted molar refractivity (Wildman–Crippen MR) is 87.7 cm³/mol. The second kappa shape index (κ2) is 4.60. The van der Waals surface area contributed by atoms with Crippen LogP contribution in [0, 0.1) is 0 Å². The number of hydrogen-bond acceptors (Lipinski definition) is 5. The highest BCUT2D eigenvalue weighted by atomic mass is 79.9. The second-order valence-electron chi connectivity index (χ2n) is 4.68. The topological polar surface area (TPSA) is 52.7 Å². The lowest BCUT2D eigenvalue weighted by Crippen LogP contribution is -2.41. The Kier molecular flexibility index (Phi) is 2.71. The monoisotopic (exact) mass is 339 g/mol. The van der Waals surface area contributed by atoms with Gasteiger partial charge in [0.15, 0.2) is 5.84 Å². The van der Waals surface area contributed by atoms with E-state index in [0.717, 1.165) is 21.7 Å². The minimum Gasteiger partial charge on any atom is -0.246 e. The molecule has 5 nitrogen and oxygen atoms in total. The first kappa shape index (κ1) is 12.4. The van der Waals surface area contributed by atoms with Gasteiger partial charge in [0.1, 0.15) is 17.5 Å². The molecule has 3 aliphatic rings. The lowest BCUT2D eigenvalue weighted by atomic mass is 10.2. The summed E-state index contributed by atoms with van der Waals surface area (Å²) in [6.45, 7) is 1.86. The Bertz CT molecular complexity index is 826. The molecule has 3 aliphatic heterocycles. The van der Waals surface area contributed by atoms with Gasteiger partial charge in [-0.15, -0.1) is 0 Å². The number of rotatable bonds is 1. The molecule has 1 aromatic carbocycles. The van der Waals surface area contributed by atoms with Crippen LogP contribution in [0.25, 0.3) is 0 Å². The van der Waals surface area contributed by atoms with Crippen LogP contribution in [0.5, 0.6) is 0 Å². The van der Waals surface area contributed by atoms with Crippen LogP contribution in [0.3, 0.4) is 0 Å². The van der Waals surface area contributed by atoms with Crippen molar-refractivity contribution >= 4 is 39.4 Å². The Morgan fingerprint density at radius 2 is 1.90 bits per heavy atom. The quantitative estimate of drug-likeness (QED) is 0.775. The molecule has 3 heterocycles. The van der Waals surface area contributed by atoms with E-state index in [0.29, 0.717) is 17.6 Å². The Hall–Kier alpha value is -2.34. The lowest BCUT2D eigenvalue weighted by Gasteiger charge is -2.31. The van der Waals surface area contributed by atoms with E-state index in [1.165, 1.54) is 0 Å². The number of halogens is 1. The van der Waals surface area contributed by atoms with Crippen molar-refractivity contribution in [2.24, 2.45) is 20.0 Å². The van der Waals surface area contributed by atoms with Crippen molar-refractivity contribution in [2.45, 2.75) is 6.92 Å². The van der Waals surface area contributed by atoms with Crippen LogP contribution in [0.4, 0.5) is 0 Å². The van der Waals surface area contributed by atoms with Crippen molar-refractivity contribution in [3.05, 3.63) is 58.4 Å². The Balaban J connectivity index is 1.90. The Labute approximate surface area is 130 Å². The van der Waals surface area contributed by atoms with E-state index in [9.17, 15) is 0 Å². The predicted octanol–water partition coefficient (Wildman–Crippen LogP) is 3.11. The maximum absolute atomic E-state index is 4.63. The Morgan fingerprint density at radius 1 is 1.05 bits per heavy atom. The number of benzene rings is 1. The molecule has 0 N–H and O–H groups in total. The van der Waals surface area contributed by atoms with Gasteiger partial charge in [-0.05, 0) is 25.1 Å². The second-order valence-corrected chi connectivity index (χ2v) is 5.53. The molecule has 0 aliphatic carbocycles. The molecule has 0 bridgehead atoms. The molecule has 0 radical (unpaired) electrons. The van der Waals surface area contributed by atoms with E-state index >= 15 is 0 Å². The fourth-order valence-corrected chi connectivity index (χ4v) is 2.78. The van der Waals surface area contributed by atoms with Crippen LogP contribution < -0.4 is 0 Å². The molecular weight excluding hydrogens is 330 g/mol. The number of nitrogens with zero attached hydrogens (tertiary/aromatic N) is 5. The molecule has 0 fully saturated rings. The van der Waals surface area contributed by atoms with E-state index in [2.05, 4.69) is 35.9 Å². The molecule has 102 valence electrons. The standard InChI is InChI=1S/C15H10BrN5/c1-9-17-12-7-4-8-13-19-14(20-15(18-9)21(12)13)10-5-2-3-6-11(10)16/h2-8H,1H3.